The summed E-state index contributed by atoms with van der Waals surface area (Å²) in [5, 5.41) is 9.68. The van der Waals surface area contributed by atoms with Crippen molar-refractivity contribution in [1.82, 2.24) is 9.44 Å². The van der Waals surface area contributed by atoms with E-state index >= 15 is 0 Å². The molecule has 1 unspecified atom stereocenters. The number of nitrogens with one attached hydrogen (secondary N) is 2. The Bertz CT molecular complexity index is 343. The topological polar surface area (TPSA) is 87.7 Å². The average Bonchev–Trinajstić information content (AvgIpc) is 2.21. The molecule has 0 saturated heterocycles. The number of ether oxygens (including phenoxy) is 1. The molecule has 0 aromatic rings. The van der Waals surface area contributed by atoms with Gasteiger partial charge in [-0.1, -0.05) is 0 Å². The van der Waals surface area contributed by atoms with Gasteiger partial charge >= 0.3 is 6.18 Å². The third-order valence-electron chi connectivity index (χ3n) is 1.95. The first-order chi connectivity index (χ1) is 7.97. The average molecular weight is 294 g/mol. The second-order valence-electron chi connectivity index (χ2n) is 4.00. The van der Waals surface area contributed by atoms with E-state index in [9.17, 15) is 26.7 Å². The Kier molecular flexibility index (Phi) is 6.51. The summed E-state index contributed by atoms with van der Waals surface area (Å²) in [6, 6.07) is 0. The number of hydrogen-bond donors (Lipinski definition) is 3. The van der Waals surface area contributed by atoms with Crippen LogP contribution in [0.2, 0.25) is 0 Å². The van der Waals surface area contributed by atoms with Crippen molar-refractivity contribution in [2.24, 2.45) is 0 Å². The first-order valence-electron chi connectivity index (χ1n) is 5.00. The highest BCUT2D eigenvalue weighted by Crippen LogP contribution is 2.13. The number of hydrogen-bond acceptors (Lipinski definition) is 4. The first-order valence-corrected chi connectivity index (χ1v) is 6.48. The molecule has 110 valence electrons. The number of alkyl halides is 3. The van der Waals surface area contributed by atoms with Gasteiger partial charge in [-0.2, -0.15) is 31.0 Å². The second kappa shape index (κ2) is 6.66. The van der Waals surface area contributed by atoms with E-state index in [0.717, 1.165) is 0 Å². The van der Waals surface area contributed by atoms with Crippen LogP contribution in [0.25, 0.3) is 0 Å². The zero-order valence-electron chi connectivity index (χ0n) is 10.0. The van der Waals surface area contributed by atoms with Gasteiger partial charge in [0.05, 0.1) is 5.60 Å². The molecular formula is C8H17F3N2O4S. The Morgan fingerprint density at radius 3 is 2.17 bits per heavy atom. The molecule has 1 atom stereocenters. The summed E-state index contributed by atoms with van der Waals surface area (Å²) in [6.07, 6.45) is -4.49. The molecule has 10 heteroatoms. The summed E-state index contributed by atoms with van der Waals surface area (Å²) in [5.74, 6) is 0. The van der Waals surface area contributed by atoms with Crippen LogP contribution in [-0.4, -0.2) is 52.1 Å². The number of halogens is 3. The van der Waals surface area contributed by atoms with E-state index in [2.05, 4.69) is 0 Å². The molecule has 0 aliphatic heterocycles. The van der Waals surface area contributed by atoms with Crippen molar-refractivity contribution in [3.8, 4) is 0 Å². The van der Waals surface area contributed by atoms with Gasteiger partial charge in [0.15, 0.2) is 0 Å². The quantitative estimate of drug-likeness (QED) is 0.576. The Morgan fingerprint density at radius 1 is 1.22 bits per heavy atom. The van der Waals surface area contributed by atoms with E-state index in [1.165, 1.54) is 18.8 Å². The molecule has 0 rings (SSSR count). The van der Waals surface area contributed by atoms with Gasteiger partial charge in [-0.3, -0.25) is 0 Å². The predicted octanol–water partition coefficient (Wildman–Crippen LogP) is -0.240. The van der Waals surface area contributed by atoms with Crippen molar-refractivity contribution in [2.75, 3.05) is 26.8 Å². The highest BCUT2D eigenvalue weighted by molar-refractivity contribution is 7.87. The van der Waals surface area contributed by atoms with Crippen molar-refractivity contribution in [3.63, 3.8) is 0 Å². The summed E-state index contributed by atoms with van der Waals surface area (Å²) in [7, 11) is -2.89. The van der Waals surface area contributed by atoms with Gasteiger partial charge in [0.2, 0.25) is 0 Å². The fourth-order valence-corrected chi connectivity index (χ4v) is 1.85. The minimum absolute atomic E-state index is 0.144. The molecule has 18 heavy (non-hydrogen) atoms. The molecule has 0 saturated carbocycles. The van der Waals surface area contributed by atoms with Crippen LogP contribution < -0.4 is 9.44 Å². The van der Waals surface area contributed by atoms with Crippen LogP contribution in [0.15, 0.2) is 0 Å². The fraction of sp³-hybridized carbons (Fsp3) is 1.00. The van der Waals surface area contributed by atoms with Crippen LogP contribution >= 0.6 is 0 Å². The molecule has 6 nitrogen and oxygen atoms in total. The maximum absolute atomic E-state index is 11.8. The lowest BCUT2D eigenvalue weighted by Crippen LogP contribution is -2.47. The highest BCUT2D eigenvalue weighted by atomic mass is 32.2. The van der Waals surface area contributed by atoms with E-state index in [-0.39, 0.29) is 13.0 Å². The summed E-state index contributed by atoms with van der Waals surface area (Å²) >= 11 is 0. The lowest BCUT2D eigenvalue weighted by molar-refractivity contribution is -0.121. The Balaban J connectivity index is 4.18. The van der Waals surface area contributed by atoms with Gasteiger partial charge < -0.3 is 9.84 Å². The van der Waals surface area contributed by atoms with Crippen LogP contribution in [0.1, 0.15) is 13.3 Å². The van der Waals surface area contributed by atoms with Crippen LogP contribution in [0.4, 0.5) is 13.2 Å². The van der Waals surface area contributed by atoms with Gasteiger partial charge in [-0.25, -0.2) is 0 Å². The summed E-state index contributed by atoms with van der Waals surface area (Å²) < 4.78 is 65.5. The maximum atomic E-state index is 11.8. The second-order valence-corrected chi connectivity index (χ2v) is 5.58. The molecule has 0 aliphatic carbocycles. The molecule has 0 aromatic heterocycles. The third kappa shape index (κ3) is 9.59. The normalized spacial score (nSPS) is 16.6. The molecular weight excluding hydrogens is 277 g/mol. The standard InChI is InChI=1S/C8H17F3N2O4S/c1-7(14,3-4-17-2)5-12-18(15,16)13-6-8(9,10)11/h12-14H,3-6H2,1-2H3. The lowest BCUT2D eigenvalue weighted by Gasteiger charge is -2.23. The zero-order valence-corrected chi connectivity index (χ0v) is 10.9. The smallest absolute Gasteiger partial charge is 0.389 e. The van der Waals surface area contributed by atoms with Gasteiger partial charge in [0.1, 0.15) is 6.54 Å². The zero-order chi connectivity index (χ0) is 14.4. The summed E-state index contributed by atoms with van der Waals surface area (Å²) in [4.78, 5) is 0. The van der Waals surface area contributed by atoms with Crippen LogP contribution in [0, 0.1) is 0 Å². The van der Waals surface area contributed by atoms with E-state index in [1.54, 1.807) is 0 Å². The Hall–Kier alpha value is -0.420. The largest absolute Gasteiger partial charge is 0.402 e. The number of methoxy groups -OCH3 is 1. The van der Waals surface area contributed by atoms with Crippen LogP contribution in [-0.2, 0) is 14.9 Å². The molecule has 0 spiro atoms. The van der Waals surface area contributed by atoms with Crippen LogP contribution in [0.5, 0.6) is 0 Å². The van der Waals surface area contributed by atoms with E-state index < -0.39 is 35.1 Å². The third-order valence-corrected chi connectivity index (χ3v) is 3.00. The van der Waals surface area contributed by atoms with Gasteiger partial charge in [0.25, 0.3) is 10.2 Å². The molecule has 3 N–H and O–H groups in total. The van der Waals surface area contributed by atoms with Crippen molar-refractivity contribution < 1.29 is 31.4 Å². The Labute approximate surface area is 104 Å². The lowest BCUT2D eigenvalue weighted by atomic mass is 10.0. The molecule has 0 radical (unpaired) electrons. The maximum Gasteiger partial charge on any atom is 0.402 e. The number of aliphatic hydroxyl groups is 1. The van der Waals surface area contributed by atoms with E-state index in [0.29, 0.717) is 0 Å². The predicted molar refractivity (Wildman–Crippen MR) is 58.1 cm³/mol. The summed E-state index contributed by atoms with van der Waals surface area (Å²) in [6.45, 7) is -0.533. The van der Waals surface area contributed by atoms with Gasteiger partial charge in [-0.05, 0) is 6.92 Å². The van der Waals surface area contributed by atoms with Crippen molar-refractivity contribution in [2.45, 2.75) is 25.1 Å². The van der Waals surface area contributed by atoms with Crippen molar-refractivity contribution >= 4 is 10.2 Å². The van der Waals surface area contributed by atoms with Gasteiger partial charge in [-0.15, -0.1) is 0 Å². The highest BCUT2D eigenvalue weighted by Gasteiger charge is 2.30. The molecule has 0 aliphatic rings. The molecule has 0 amide bonds. The molecule has 0 heterocycles. The van der Waals surface area contributed by atoms with Gasteiger partial charge in [0, 0.05) is 26.7 Å². The first kappa shape index (κ1) is 17.6. The molecule has 0 aromatic carbocycles. The minimum atomic E-state index is -4.63. The minimum Gasteiger partial charge on any atom is -0.389 e. The monoisotopic (exact) mass is 294 g/mol. The van der Waals surface area contributed by atoms with E-state index in [4.69, 9.17) is 4.74 Å². The van der Waals surface area contributed by atoms with Crippen molar-refractivity contribution in [1.29, 1.82) is 0 Å². The van der Waals surface area contributed by atoms with Crippen LogP contribution in [0.3, 0.4) is 0 Å². The fourth-order valence-electron chi connectivity index (χ4n) is 0.889. The molecule has 0 fully saturated rings. The van der Waals surface area contributed by atoms with Crippen molar-refractivity contribution in [3.05, 3.63) is 0 Å². The molecule has 0 bridgehead atoms. The SMILES string of the molecule is COCCC(C)(O)CNS(=O)(=O)NCC(F)(F)F. The van der Waals surface area contributed by atoms with E-state index in [1.807, 2.05) is 4.72 Å². The number of rotatable bonds is 8. The summed E-state index contributed by atoms with van der Waals surface area (Å²) in [5.41, 5.74) is -1.40. The Morgan fingerprint density at radius 2 is 1.72 bits per heavy atom.